The maximum absolute atomic E-state index is 11.4. The molecule has 0 spiro atoms. The SMILES string of the molecule is CCOC(=O)C=C(NOC)c1ccc(OC)cc1. The summed E-state index contributed by atoms with van der Waals surface area (Å²) in [5.41, 5.74) is 3.97. The number of hydroxylamine groups is 1. The van der Waals surface area contributed by atoms with Gasteiger partial charge in [-0.05, 0) is 31.2 Å². The molecule has 0 aliphatic heterocycles. The quantitative estimate of drug-likeness (QED) is 0.474. The number of hydrogen-bond donors (Lipinski definition) is 1. The molecule has 5 nitrogen and oxygen atoms in total. The number of hydrogen-bond acceptors (Lipinski definition) is 5. The molecule has 1 aromatic rings. The normalized spacial score (nSPS) is 10.9. The van der Waals surface area contributed by atoms with Gasteiger partial charge in [0.2, 0.25) is 0 Å². The van der Waals surface area contributed by atoms with Crippen LogP contribution in [-0.2, 0) is 14.4 Å². The number of ether oxygens (including phenoxy) is 2. The lowest BCUT2D eigenvalue weighted by Crippen LogP contribution is -2.13. The minimum absolute atomic E-state index is 0.332. The van der Waals surface area contributed by atoms with E-state index in [1.807, 2.05) is 12.1 Å². The van der Waals surface area contributed by atoms with Crippen molar-refractivity contribution in [1.82, 2.24) is 5.48 Å². The first-order valence-corrected chi connectivity index (χ1v) is 5.53. The van der Waals surface area contributed by atoms with Crippen LogP contribution < -0.4 is 10.2 Å². The number of esters is 1. The van der Waals surface area contributed by atoms with E-state index in [-0.39, 0.29) is 0 Å². The lowest BCUT2D eigenvalue weighted by Gasteiger charge is -2.09. The third-order valence-electron chi connectivity index (χ3n) is 2.16. The van der Waals surface area contributed by atoms with Gasteiger partial charge in [-0.25, -0.2) is 4.79 Å². The van der Waals surface area contributed by atoms with Crippen LogP contribution in [0.2, 0.25) is 0 Å². The Bertz CT molecular complexity index is 412. The van der Waals surface area contributed by atoms with Gasteiger partial charge in [0.15, 0.2) is 0 Å². The van der Waals surface area contributed by atoms with Gasteiger partial charge in [-0.15, -0.1) is 0 Å². The fourth-order valence-electron chi connectivity index (χ4n) is 1.35. The van der Waals surface area contributed by atoms with Gasteiger partial charge >= 0.3 is 5.97 Å². The van der Waals surface area contributed by atoms with Crippen LogP contribution in [-0.4, -0.2) is 26.8 Å². The topological polar surface area (TPSA) is 56.8 Å². The van der Waals surface area contributed by atoms with E-state index < -0.39 is 5.97 Å². The Labute approximate surface area is 106 Å². The number of methoxy groups -OCH3 is 1. The average Bonchev–Trinajstić information content (AvgIpc) is 2.39. The number of benzene rings is 1. The van der Waals surface area contributed by atoms with Crippen LogP contribution in [0.15, 0.2) is 30.3 Å². The molecule has 0 aromatic heterocycles. The Balaban J connectivity index is 2.92. The minimum Gasteiger partial charge on any atom is -0.497 e. The fraction of sp³-hybridized carbons (Fsp3) is 0.308. The van der Waals surface area contributed by atoms with Crippen molar-refractivity contribution in [2.75, 3.05) is 20.8 Å². The molecule has 0 saturated carbocycles. The Morgan fingerprint density at radius 1 is 1.28 bits per heavy atom. The van der Waals surface area contributed by atoms with Gasteiger partial charge in [-0.1, -0.05) is 0 Å². The Hall–Kier alpha value is -2.01. The zero-order chi connectivity index (χ0) is 13.4. The summed E-state index contributed by atoms with van der Waals surface area (Å²) in [4.78, 5) is 16.2. The first kappa shape index (κ1) is 14.1. The molecule has 1 N–H and O–H groups in total. The molecule has 0 aliphatic carbocycles. The van der Waals surface area contributed by atoms with Crippen molar-refractivity contribution < 1.29 is 19.1 Å². The summed E-state index contributed by atoms with van der Waals surface area (Å²) in [7, 11) is 3.07. The Kier molecular flexibility index (Phi) is 5.73. The van der Waals surface area contributed by atoms with Crippen molar-refractivity contribution in [2.24, 2.45) is 0 Å². The van der Waals surface area contributed by atoms with Gasteiger partial charge in [0.05, 0.1) is 26.5 Å². The monoisotopic (exact) mass is 251 g/mol. The third kappa shape index (κ3) is 4.10. The summed E-state index contributed by atoms with van der Waals surface area (Å²) in [6.07, 6.45) is 1.34. The van der Waals surface area contributed by atoms with Crippen molar-refractivity contribution in [3.05, 3.63) is 35.9 Å². The van der Waals surface area contributed by atoms with Crippen LogP contribution in [0.3, 0.4) is 0 Å². The molecule has 0 bridgehead atoms. The molecule has 0 radical (unpaired) electrons. The van der Waals surface area contributed by atoms with Gasteiger partial charge in [0.25, 0.3) is 0 Å². The molecule has 1 rings (SSSR count). The molecule has 0 fully saturated rings. The number of carbonyl (C=O) groups is 1. The van der Waals surface area contributed by atoms with Crippen molar-refractivity contribution in [2.45, 2.75) is 6.92 Å². The Morgan fingerprint density at radius 3 is 2.44 bits per heavy atom. The molecule has 0 saturated heterocycles. The highest BCUT2D eigenvalue weighted by molar-refractivity contribution is 5.90. The van der Waals surface area contributed by atoms with Crippen LogP contribution in [0.1, 0.15) is 12.5 Å². The first-order valence-electron chi connectivity index (χ1n) is 5.53. The van der Waals surface area contributed by atoms with E-state index in [1.165, 1.54) is 13.2 Å². The van der Waals surface area contributed by atoms with E-state index >= 15 is 0 Å². The molecule has 0 atom stereocenters. The highest BCUT2D eigenvalue weighted by Crippen LogP contribution is 2.17. The lowest BCUT2D eigenvalue weighted by molar-refractivity contribution is -0.137. The fourth-order valence-corrected chi connectivity index (χ4v) is 1.35. The first-order chi connectivity index (χ1) is 8.71. The standard InChI is InChI=1S/C13H17NO4/c1-4-18-13(15)9-12(14-17-3)10-5-7-11(16-2)8-6-10/h5-9,14H,4H2,1-3H3. The number of rotatable bonds is 6. The third-order valence-corrected chi connectivity index (χ3v) is 2.16. The smallest absolute Gasteiger partial charge is 0.332 e. The molecule has 0 heterocycles. The minimum atomic E-state index is -0.423. The van der Waals surface area contributed by atoms with Crippen molar-refractivity contribution in [1.29, 1.82) is 0 Å². The molecule has 0 amide bonds. The van der Waals surface area contributed by atoms with Crippen LogP contribution in [0.5, 0.6) is 5.75 Å². The molecular weight excluding hydrogens is 234 g/mol. The van der Waals surface area contributed by atoms with E-state index in [1.54, 1.807) is 26.2 Å². The maximum atomic E-state index is 11.4. The van der Waals surface area contributed by atoms with E-state index in [0.717, 1.165) is 11.3 Å². The van der Waals surface area contributed by atoms with E-state index in [9.17, 15) is 4.79 Å². The molecule has 0 aliphatic rings. The highest BCUT2D eigenvalue weighted by Gasteiger charge is 2.05. The van der Waals surface area contributed by atoms with Gasteiger partial charge in [0, 0.05) is 11.6 Å². The lowest BCUT2D eigenvalue weighted by atomic mass is 10.1. The largest absolute Gasteiger partial charge is 0.497 e. The second-order valence-corrected chi connectivity index (χ2v) is 3.34. The van der Waals surface area contributed by atoms with E-state index in [4.69, 9.17) is 14.3 Å². The average molecular weight is 251 g/mol. The predicted octanol–water partition coefficient (Wildman–Crippen LogP) is 1.75. The van der Waals surface area contributed by atoms with Gasteiger partial charge < -0.3 is 9.47 Å². The highest BCUT2D eigenvalue weighted by atomic mass is 16.6. The molecule has 0 unspecified atom stereocenters. The molecular formula is C13H17NO4. The van der Waals surface area contributed by atoms with Gasteiger partial charge in [0.1, 0.15) is 5.75 Å². The summed E-state index contributed by atoms with van der Waals surface area (Å²) in [5, 5.41) is 0. The van der Waals surface area contributed by atoms with Crippen molar-refractivity contribution in [3.8, 4) is 5.75 Å². The molecule has 5 heteroatoms. The summed E-state index contributed by atoms with van der Waals surface area (Å²) >= 11 is 0. The van der Waals surface area contributed by atoms with Crippen LogP contribution in [0.4, 0.5) is 0 Å². The molecule has 1 aromatic carbocycles. The number of carbonyl (C=O) groups excluding carboxylic acids is 1. The summed E-state index contributed by atoms with van der Waals surface area (Å²) < 4.78 is 9.92. The second-order valence-electron chi connectivity index (χ2n) is 3.34. The second kappa shape index (κ2) is 7.34. The summed E-state index contributed by atoms with van der Waals surface area (Å²) in [5.74, 6) is 0.319. The van der Waals surface area contributed by atoms with Gasteiger partial charge in [-0.2, -0.15) is 0 Å². The van der Waals surface area contributed by atoms with Crippen LogP contribution in [0, 0.1) is 0 Å². The maximum Gasteiger partial charge on any atom is 0.332 e. The molecule has 98 valence electrons. The Morgan fingerprint density at radius 2 is 1.94 bits per heavy atom. The van der Waals surface area contributed by atoms with Crippen LogP contribution in [0.25, 0.3) is 5.70 Å². The van der Waals surface area contributed by atoms with Crippen LogP contribution >= 0.6 is 0 Å². The zero-order valence-corrected chi connectivity index (χ0v) is 10.7. The summed E-state index contributed by atoms with van der Waals surface area (Å²) in [6.45, 7) is 2.08. The van der Waals surface area contributed by atoms with E-state index in [2.05, 4.69) is 5.48 Å². The zero-order valence-electron chi connectivity index (χ0n) is 10.7. The predicted molar refractivity (Wildman–Crippen MR) is 67.7 cm³/mol. The van der Waals surface area contributed by atoms with Crippen molar-refractivity contribution in [3.63, 3.8) is 0 Å². The van der Waals surface area contributed by atoms with Gasteiger partial charge in [-0.3, -0.25) is 10.3 Å². The number of nitrogens with one attached hydrogen (secondary N) is 1. The van der Waals surface area contributed by atoms with E-state index in [0.29, 0.717) is 12.3 Å². The summed E-state index contributed by atoms with van der Waals surface area (Å²) in [6, 6.07) is 7.23. The molecule has 18 heavy (non-hydrogen) atoms. The van der Waals surface area contributed by atoms with Crippen molar-refractivity contribution >= 4 is 11.7 Å².